The van der Waals surface area contributed by atoms with Crippen LogP contribution in [0.15, 0.2) is 42.5 Å². The highest BCUT2D eigenvalue weighted by molar-refractivity contribution is 6.31. The fraction of sp³-hybridized carbons (Fsp3) is 0.333. The molecule has 3 heteroatoms. The summed E-state index contributed by atoms with van der Waals surface area (Å²) in [4.78, 5) is 0. The molecule has 112 valence electrons. The molecular weight excluding hydrogens is 282 g/mol. The van der Waals surface area contributed by atoms with Gasteiger partial charge in [-0.2, -0.15) is 0 Å². The van der Waals surface area contributed by atoms with Crippen LogP contribution in [-0.2, 0) is 6.54 Å². The summed E-state index contributed by atoms with van der Waals surface area (Å²) in [7, 11) is 0. The van der Waals surface area contributed by atoms with Gasteiger partial charge < -0.3 is 10.1 Å². The van der Waals surface area contributed by atoms with E-state index in [0.29, 0.717) is 5.92 Å². The monoisotopic (exact) mass is 303 g/mol. The van der Waals surface area contributed by atoms with Crippen LogP contribution < -0.4 is 10.1 Å². The molecule has 21 heavy (non-hydrogen) atoms. The van der Waals surface area contributed by atoms with E-state index >= 15 is 0 Å². The van der Waals surface area contributed by atoms with Crippen molar-refractivity contribution in [2.75, 3.05) is 11.9 Å². The van der Waals surface area contributed by atoms with Gasteiger partial charge in [0.1, 0.15) is 5.75 Å². The molecule has 2 aromatic rings. The lowest BCUT2D eigenvalue weighted by Crippen LogP contribution is -2.05. The molecule has 0 spiro atoms. The van der Waals surface area contributed by atoms with Gasteiger partial charge in [-0.15, -0.1) is 0 Å². The average molecular weight is 304 g/mol. The molecular formula is C18H22ClNO. The van der Waals surface area contributed by atoms with Crippen molar-refractivity contribution in [1.82, 2.24) is 0 Å². The van der Waals surface area contributed by atoms with Crippen LogP contribution in [0.25, 0.3) is 0 Å². The quantitative estimate of drug-likeness (QED) is 0.782. The highest BCUT2D eigenvalue weighted by Gasteiger charge is 2.03. The maximum absolute atomic E-state index is 6.13. The van der Waals surface area contributed by atoms with E-state index in [9.17, 15) is 0 Å². The first kappa shape index (κ1) is 15.7. The standard InChI is InChI=1S/C18H22ClNO/c1-13(2)12-21-16-7-4-6-15(10-16)11-20-18-9-5-8-17(19)14(18)3/h4-10,13,20H,11-12H2,1-3H3. The molecule has 0 amide bonds. The minimum atomic E-state index is 0.529. The van der Waals surface area contributed by atoms with Crippen LogP contribution in [0.3, 0.4) is 0 Å². The van der Waals surface area contributed by atoms with Crippen molar-refractivity contribution in [3.8, 4) is 5.75 Å². The van der Waals surface area contributed by atoms with Gasteiger partial charge in [-0.25, -0.2) is 0 Å². The summed E-state index contributed by atoms with van der Waals surface area (Å²) in [5.41, 5.74) is 3.33. The first-order valence-corrected chi connectivity index (χ1v) is 7.65. The van der Waals surface area contributed by atoms with Gasteiger partial charge in [-0.3, -0.25) is 0 Å². The predicted molar refractivity (Wildman–Crippen MR) is 90.3 cm³/mol. The van der Waals surface area contributed by atoms with E-state index in [-0.39, 0.29) is 0 Å². The molecule has 2 aromatic carbocycles. The van der Waals surface area contributed by atoms with Crippen molar-refractivity contribution in [1.29, 1.82) is 0 Å². The van der Waals surface area contributed by atoms with Crippen molar-refractivity contribution < 1.29 is 4.74 Å². The number of rotatable bonds is 6. The van der Waals surface area contributed by atoms with E-state index < -0.39 is 0 Å². The predicted octanol–water partition coefficient (Wildman–Crippen LogP) is 5.30. The number of ether oxygens (including phenoxy) is 1. The molecule has 0 aromatic heterocycles. The van der Waals surface area contributed by atoms with E-state index in [1.165, 1.54) is 5.56 Å². The Morgan fingerprint density at radius 3 is 2.67 bits per heavy atom. The number of nitrogens with one attached hydrogen (secondary N) is 1. The van der Waals surface area contributed by atoms with Crippen molar-refractivity contribution in [3.05, 3.63) is 58.6 Å². The largest absolute Gasteiger partial charge is 0.493 e. The molecule has 0 aliphatic rings. The van der Waals surface area contributed by atoms with Crippen molar-refractivity contribution in [2.24, 2.45) is 5.92 Å². The summed E-state index contributed by atoms with van der Waals surface area (Å²) >= 11 is 6.13. The van der Waals surface area contributed by atoms with Crippen LogP contribution in [0.1, 0.15) is 25.0 Å². The Morgan fingerprint density at radius 2 is 1.90 bits per heavy atom. The average Bonchev–Trinajstić information content (AvgIpc) is 2.47. The third kappa shape index (κ3) is 4.68. The molecule has 0 saturated heterocycles. The Bertz CT molecular complexity index is 596. The van der Waals surface area contributed by atoms with Gasteiger partial charge in [0.15, 0.2) is 0 Å². The Labute approximate surface area is 132 Å². The van der Waals surface area contributed by atoms with Gasteiger partial charge in [0.05, 0.1) is 6.61 Å². The molecule has 0 fully saturated rings. The first-order chi connectivity index (χ1) is 10.1. The van der Waals surface area contributed by atoms with Crippen LogP contribution in [0, 0.1) is 12.8 Å². The highest BCUT2D eigenvalue weighted by atomic mass is 35.5. The summed E-state index contributed by atoms with van der Waals surface area (Å²) in [6, 6.07) is 14.1. The van der Waals surface area contributed by atoms with Crippen molar-refractivity contribution in [3.63, 3.8) is 0 Å². The zero-order chi connectivity index (χ0) is 15.2. The van der Waals surface area contributed by atoms with Crippen molar-refractivity contribution >= 4 is 17.3 Å². The maximum atomic E-state index is 6.13. The van der Waals surface area contributed by atoms with Crippen LogP contribution in [0.4, 0.5) is 5.69 Å². The van der Waals surface area contributed by atoms with E-state index in [0.717, 1.165) is 35.2 Å². The minimum Gasteiger partial charge on any atom is -0.493 e. The lowest BCUT2D eigenvalue weighted by atomic mass is 10.1. The molecule has 2 nitrogen and oxygen atoms in total. The van der Waals surface area contributed by atoms with Gasteiger partial charge >= 0.3 is 0 Å². The number of anilines is 1. The van der Waals surface area contributed by atoms with Gasteiger partial charge in [0.2, 0.25) is 0 Å². The third-order valence-corrected chi connectivity index (χ3v) is 3.64. The van der Waals surface area contributed by atoms with Crippen LogP contribution in [-0.4, -0.2) is 6.61 Å². The summed E-state index contributed by atoms with van der Waals surface area (Å²) in [6.45, 7) is 7.80. The Morgan fingerprint density at radius 1 is 1.14 bits per heavy atom. The van der Waals surface area contributed by atoms with Gasteiger partial charge in [0.25, 0.3) is 0 Å². The highest BCUT2D eigenvalue weighted by Crippen LogP contribution is 2.24. The van der Waals surface area contributed by atoms with Crippen LogP contribution in [0.5, 0.6) is 5.75 Å². The molecule has 0 radical (unpaired) electrons. The summed E-state index contributed by atoms with van der Waals surface area (Å²) < 4.78 is 5.75. The lowest BCUT2D eigenvalue weighted by molar-refractivity contribution is 0.271. The zero-order valence-electron chi connectivity index (χ0n) is 12.8. The number of hydrogen-bond donors (Lipinski definition) is 1. The van der Waals surface area contributed by atoms with E-state index in [4.69, 9.17) is 16.3 Å². The maximum Gasteiger partial charge on any atom is 0.119 e. The topological polar surface area (TPSA) is 21.3 Å². The molecule has 0 bridgehead atoms. The van der Waals surface area contributed by atoms with Crippen LogP contribution in [0.2, 0.25) is 5.02 Å². The molecule has 1 N–H and O–H groups in total. The summed E-state index contributed by atoms with van der Waals surface area (Å²) in [6.07, 6.45) is 0. The molecule has 0 aliphatic carbocycles. The second kappa shape index (κ2) is 7.37. The number of benzene rings is 2. The number of halogens is 1. The molecule has 0 aliphatic heterocycles. The minimum absolute atomic E-state index is 0.529. The third-order valence-electron chi connectivity index (χ3n) is 3.23. The second-order valence-corrected chi connectivity index (χ2v) is 6.03. The SMILES string of the molecule is Cc1c(Cl)cccc1NCc1cccc(OCC(C)C)c1. The van der Waals surface area contributed by atoms with Crippen molar-refractivity contribution in [2.45, 2.75) is 27.3 Å². The Hall–Kier alpha value is -1.67. The van der Waals surface area contributed by atoms with Crippen LogP contribution >= 0.6 is 11.6 Å². The normalized spacial score (nSPS) is 10.7. The Balaban J connectivity index is 2.00. The molecule has 0 unspecified atom stereocenters. The summed E-state index contributed by atoms with van der Waals surface area (Å²) in [5, 5.41) is 4.21. The van der Waals surface area contributed by atoms with E-state index in [1.54, 1.807) is 0 Å². The van der Waals surface area contributed by atoms with E-state index in [1.807, 2.05) is 37.3 Å². The number of hydrogen-bond acceptors (Lipinski definition) is 2. The zero-order valence-corrected chi connectivity index (χ0v) is 13.6. The molecule has 0 heterocycles. The van der Waals surface area contributed by atoms with Gasteiger partial charge in [-0.1, -0.05) is 43.6 Å². The molecule has 2 rings (SSSR count). The second-order valence-electron chi connectivity index (χ2n) is 5.62. The smallest absolute Gasteiger partial charge is 0.119 e. The molecule has 0 saturated carbocycles. The molecule has 0 atom stereocenters. The fourth-order valence-electron chi connectivity index (χ4n) is 2.00. The summed E-state index contributed by atoms with van der Waals surface area (Å²) in [5.74, 6) is 1.45. The Kier molecular flexibility index (Phi) is 5.51. The van der Waals surface area contributed by atoms with Gasteiger partial charge in [0, 0.05) is 17.3 Å². The van der Waals surface area contributed by atoms with E-state index in [2.05, 4.69) is 31.3 Å². The first-order valence-electron chi connectivity index (χ1n) is 7.27. The van der Waals surface area contributed by atoms with Gasteiger partial charge in [-0.05, 0) is 48.2 Å². The lowest BCUT2D eigenvalue weighted by Gasteiger charge is -2.12. The fourth-order valence-corrected chi connectivity index (χ4v) is 2.18.